The van der Waals surface area contributed by atoms with Gasteiger partial charge < -0.3 is 10.1 Å². The molecule has 3 aromatic rings. The molecule has 0 spiro atoms. The van der Waals surface area contributed by atoms with Crippen LogP contribution in [-0.4, -0.2) is 33.6 Å². The topological polar surface area (TPSA) is 92.8 Å². The lowest BCUT2D eigenvalue weighted by Gasteiger charge is -2.14. The lowest BCUT2D eigenvalue weighted by molar-refractivity contribution is -0.117. The molecule has 0 unspecified atom stereocenters. The van der Waals surface area contributed by atoms with Crippen LogP contribution in [0.3, 0.4) is 0 Å². The molecule has 1 atom stereocenters. The van der Waals surface area contributed by atoms with E-state index in [2.05, 4.69) is 25.9 Å². The van der Waals surface area contributed by atoms with Crippen molar-refractivity contribution < 1.29 is 9.53 Å². The van der Waals surface area contributed by atoms with E-state index in [-0.39, 0.29) is 5.91 Å². The van der Waals surface area contributed by atoms with Crippen LogP contribution in [-0.2, 0) is 11.2 Å². The molecule has 0 saturated carbocycles. The number of carbonyl (C=O) groups is 1. The van der Waals surface area contributed by atoms with Crippen LogP contribution in [0.4, 0.5) is 5.69 Å². The number of tetrazole rings is 1. The first-order chi connectivity index (χ1) is 12.2. The summed E-state index contributed by atoms with van der Waals surface area (Å²) in [5, 5.41) is 16.9. The lowest BCUT2D eigenvalue weighted by Crippen LogP contribution is -2.24. The van der Waals surface area contributed by atoms with Crippen molar-refractivity contribution in [1.29, 1.82) is 0 Å². The maximum Gasteiger partial charge on any atom is 0.235 e. The van der Waals surface area contributed by atoms with Gasteiger partial charge in [0.15, 0.2) is 5.82 Å². The summed E-state index contributed by atoms with van der Waals surface area (Å²) in [6, 6.07) is 15.2. The van der Waals surface area contributed by atoms with Gasteiger partial charge in [0.2, 0.25) is 5.91 Å². The second-order valence-corrected chi connectivity index (χ2v) is 5.73. The van der Waals surface area contributed by atoms with Gasteiger partial charge in [0.25, 0.3) is 0 Å². The average Bonchev–Trinajstić information content (AvgIpc) is 3.16. The van der Waals surface area contributed by atoms with E-state index in [9.17, 15) is 4.79 Å². The molecule has 128 valence electrons. The van der Waals surface area contributed by atoms with Crippen LogP contribution < -0.4 is 10.1 Å². The number of carbonyl (C=O) groups excluding carboxylic acids is 1. The van der Waals surface area contributed by atoms with Crippen molar-refractivity contribution in [3.63, 3.8) is 0 Å². The Morgan fingerprint density at radius 3 is 2.48 bits per heavy atom. The van der Waals surface area contributed by atoms with Crippen LogP contribution in [0.15, 0.2) is 48.5 Å². The van der Waals surface area contributed by atoms with E-state index in [1.165, 1.54) is 0 Å². The molecular formula is C18H19N5O2. The van der Waals surface area contributed by atoms with Gasteiger partial charge in [-0.2, -0.15) is 5.21 Å². The quantitative estimate of drug-likeness (QED) is 0.721. The fraction of sp³-hybridized carbons (Fsp3) is 0.222. The van der Waals surface area contributed by atoms with E-state index < -0.39 is 5.92 Å². The summed E-state index contributed by atoms with van der Waals surface area (Å²) in [4.78, 5) is 12.8. The van der Waals surface area contributed by atoms with Gasteiger partial charge in [-0.1, -0.05) is 35.0 Å². The minimum Gasteiger partial charge on any atom is -0.497 e. The van der Waals surface area contributed by atoms with Crippen LogP contribution >= 0.6 is 0 Å². The fourth-order valence-corrected chi connectivity index (χ4v) is 2.48. The predicted octanol–water partition coefficient (Wildman–Crippen LogP) is 2.48. The summed E-state index contributed by atoms with van der Waals surface area (Å²) in [5.74, 6) is 0.402. The molecule has 0 saturated heterocycles. The van der Waals surface area contributed by atoms with Gasteiger partial charge in [-0.15, -0.1) is 10.2 Å². The first-order valence-corrected chi connectivity index (χ1v) is 7.89. The summed E-state index contributed by atoms with van der Waals surface area (Å²) in [6.45, 7) is 2.00. The Morgan fingerprint density at radius 1 is 1.16 bits per heavy atom. The first kappa shape index (κ1) is 16.6. The van der Waals surface area contributed by atoms with Crippen molar-refractivity contribution in [2.45, 2.75) is 19.3 Å². The van der Waals surface area contributed by atoms with E-state index in [4.69, 9.17) is 4.74 Å². The molecule has 7 heteroatoms. The summed E-state index contributed by atoms with van der Waals surface area (Å²) in [7, 11) is 1.62. The first-order valence-electron chi connectivity index (χ1n) is 7.89. The molecule has 2 N–H and O–H groups in total. The highest BCUT2D eigenvalue weighted by Gasteiger charge is 2.25. The monoisotopic (exact) mass is 337 g/mol. The summed E-state index contributed by atoms with van der Waals surface area (Å²) in [6.07, 6.45) is 0.460. The van der Waals surface area contributed by atoms with E-state index >= 15 is 0 Å². The van der Waals surface area contributed by atoms with Crippen molar-refractivity contribution in [2.75, 3.05) is 12.4 Å². The number of methoxy groups -OCH3 is 1. The number of aromatic amines is 1. The van der Waals surface area contributed by atoms with Crippen LogP contribution in [0.25, 0.3) is 0 Å². The Bertz CT molecular complexity index is 814. The Kier molecular flexibility index (Phi) is 5.03. The van der Waals surface area contributed by atoms with Crippen molar-refractivity contribution in [2.24, 2.45) is 0 Å². The highest BCUT2D eigenvalue weighted by molar-refractivity contribution is 5.95. The van der Waals surface area contributed by atoms with Crippen LogP contribution in [0.1, 0.15) is 22.9 Å². The van der Waals surface area contributed by atoms with Gasteiger partial charge in [0, 0.05) is 5.69 Å². The number of aromatic nitrogens is 4. The Balaban J connectivity index is 1.79. The lowest BCUT2D eigenvalue weighted by atomic mass is 9.97. The number of hydrogen-bond donors (Lipinski definition) is 2. The zero-order valence-corrected chi connectivity index (χ0v) is 14.1. The number of amides is 1. The summed E-state index contributed by atoms with van der Waals surface area (Å²) < 4.78 is 5.16. The molecule has 3 rings (SSSR count). The van der Waals surface area contributed by atoms with Crippen molar-refractivity contribution in [3.05, 3.63) is 65.5 Å². The van der Waals surface area contributed by atoms with Gasteiger partial charge in [-0.05, 0) is 43.2 Å². The smallest absolute Gasteiger partial charge is 0.235 e. The summed E-state index contributed by atoms with van der Waals surface area (Å²) >= 11 is 0. The van der Waals surface area contributed by atoms with E-state index in [0.717, 1.165) is 22.6 Å². The maximum absolute atomic E-state index is 12.8. The highest BCUT2D eigenvalue weighted by Crippen LogP contribution is 2.21. The Morgan fingerprint density at radius 2 is 1.88 bits per heavy atom. The Labute approximate surface area is 145 Å². The number of ether oxygens (including phenoxy) is 1. The average molecular weight is 337 g/mol. The molecule has 1 heterocycles. The molecular weight excluding hydrogens is 318 g/mol. The van der Waals surface area contributed by atoms with Crippen LogP contribution in [0.5, 0.6) is 5.75 Å². The molecule has 1 amide bonds. The molecule has 7 nitrogen and oxygen atoms in total. The maximum atomic E-state index is 12.8. The number of H-pyrrole nitrogens is 1. The second-order valence-electron chi connectivity index (χ2n) is 5.73. The van der Waals surface area contributed by atoms with Crippen LogP contribution in [0.2, 0.25) is 0 Å². The van der Waals surface area contributed by atoms with Crippen molar-refractivity contribution in [1.82, 2.24) is 20.6 Å². The standard InChI is InChI=1S/C18H19N5O2/c1-12-3-7-14(8-4-12)19-18(24)16(17-20-22-23-21-17)11-13-5-9-15(25-2)10-6-13/h3-10,16H,11H2,1-2H3,(H,19,24)(H,20,21,22,23)/t16-/m1/s1. The van der Waals surface area contributed by atoms with Crippen LogP contribution in [0, 0.1) is 6.92 Å². The number of nitrogens with zero attached hydrogens (tertiary/aromatic N) is 3. The highest BCUT2D eigenvalue weighted by atomic mass is 16.5. The van der Waals surface area contributed by atoms with Crippen molar-refractivity contribution >= 4 is 11.6 Å². The number of anilines is 1. The van der Waals surface area contributed by atoms with E-state index in [0.29, 0.717) is 12.2 Å². The van der Waals surface area contributed by atoms with Gasteiger partial charge >= 0.3 is 0 Å². The minimum atomic E-state index is -0.548. The molecule has 0 fully saturated rings. The van der Waals surface area contributed by atoms with Crippen molar-refractivity contribution in [3.8, 4) is 5.75 Å². The number of aryl methyl sites for hydroxylation is 1. The zero-order valence-electron chi connectivity index (χ0n) is 14.1. The van der Waals surface area contributed by atoms with E-state index in [1.54, 1.807) is 7.11 Å². The number of nitrogens with one attached hydrogen (secondary N) is 2. The number of benzene rings is 2. The third kappa shape index (κ3) is 4.20. The molecule has 0 bridgehead atoms. The van der Waals surface area contributed by atoms with Gasteiger partial charge in [0.1, 0.15) is 11.7 Å². The molecule has 2 aromatic carbocycles. The number of hydrogen-bond acceptors (Lipinski definition) is 5. The van der Waals surface area contributed by atoms with Gasteiger partial charge in [0.05, 0.1) is 7.11 Å². The minimum absolute atomic E-state index is 0.180. The molecule has 1 aromatic heterocycles. The largest absolute Gasteiger partial charge is 0.497 e. The SMILES string of the molecule is COc1ccc(C[C@@H](C(=O)Nc2ccc(C)cc2)c2nn[nH]n2)cc1. The Hall–Kier alpha value is -3.22. The molecule has 0 aliphatic rings. The molecule has 0 radical (unpaired) electrons. The number of rotatable bonds is 6. The fourth-order valence-electron chi connectivity index (χ4n) is 2.48. The normalized spacial score (nSPS) is 11.8. The third-order valence-electron chi connectivity index (χ3n) is 3.91. The summed E-state index contributed by atoms with van der Waals surface area (Å²) in [5.41, 5.74) is 2.85. The van der Waals surface area contributed by atoms with E-state index in [1.807, 2.05) is 55.5 Å². The zero-order chi connectivity index (χ0) is 17.6. The van der Waals surface area contributed by atoms with Gasteiger partial charge in [-0.3, -0.25) is 4.79 Å². The third-order valence-corrected chi connectivity index (χ3v) is 3.91. The molecule has 25 heavy (non-hydrogen) atoms. The second kappa shape index (κ2) is 7.57. The van der Waals surface area contributed by atoms with Gasteiger partial charge in [-0.25, -0.2) is 0 Å². The molecule has 0 aliphatic heterocycles. The predicted molar refractivity (Wildman–Crippen MR) is 93.4 cm³/mol. The molecule has 0 aliphatic carbocycles.